The summed E-state index contributed by atoms with van der Waals surface area (Å²) in [5, 5.41) is 3.67. The van der Waals surface area contributed by atoms with Crippen molar-refractivity contribution in [3.05, 3.63) is 36.7 Å². The molecule has 5 rings (SSSR count). The number of hydrogen-bond donors (Lipinski definition) is 1. The van der Waals surface area contributed by atoms with Crippen LogP contribution >= 0.6 is 0 Å². The number of nitrogens with one attached hydrogen (secondary N) is 1. The maximum atomic E-state index is 13.5. The van der Waals surface area contributed by atoms with Crippen LogP contribution in [0.4, 0.5) is 20.3 Å². The molecular weight excluding hydrogens is 450 g/mol. The van der Waals surface area contributed by atoms with E-state index in [4.69, 9.17) is 14.2 Å². The maximum absolute atomic E-state index is 13.5. The standard InChI is InChI=1S/C23H24F2N4O5/c1-30-19-12-15-17(13-20(19)32-9-3-6-29-7-10-31-11-8-29)26-14-27-22(15)28-16-4-2-5-18-21(16)34-23(24,25)33-18/h2,4-5,12-14H,3,6-11H2,1H3,(H,26,27,28). The zero-order valence-electron chi connectivity index (χ0n) is 18.6. The van der Waals surface area contributed by atoms with Gasteiger partial charge >= 0.3 is 6.29 Å². The van der Waals surface area contributed by atoms with Crippen molar-refractivity contribution in [2.75, 3.05) is 51.9 Å². The fourth-order valence-corrected chi connectivity index (χ4v) is 3.93. The van der Waals surface area contributed by atoms with Crippen LogP contribution in [0.3, 0.4) is 0 Å². The van der Waals surface area contributed by atoms with Crippen molar-refractivity contribution in [1.29, 1.82) is 0 Å². The number of fused-ring (bicyclic) bond motifs is 2. The lowest BCUT2D eigenvalue weighted by molar-refractivity contribution is -0.286. The van der Waals surface area contributed by atoms with E-state index in [1.165, 1.54) is 12.4 Å². The summed E-state index contributed by atoms with van der Waals surface area (Å²) in [6, 6.07) is 8.12. The number of benzene rings is 2. The first-order valence-electron chi connectivity index (χ1n) is 10.9. The molecule has 0 radical (unpaired) electrons. The van der Waals surface area contributed by atoms with Crippen molar-refractivity contribution in [2.45, 2.75) is 12.7 Å². The molecule has 2 aliphatic heterocycles. The highest BCUT2D eigenvalue weighted by Crippen LogP contribution is 2.47. The number of anilines is 2. The summed E-state index contributed by atoms with van der Waals surface area (Å²) in [7, 11) is 1.55. The molecule has 1 fully saturated rings. The van der Waals surface area contributed by atoms with E-state index in [9.17, 15) is 8.78 Å². The SMILES string of the molecule is COc1cc2c(Nc3cccc4c3OC(F)(F)O4)ncnc2cc1OCCCN1CCOCC1. The first-order chi connectivity index (χ1) is 16.5. The van der Waals surface area contributed by atoms with Gasteiger partial charge in [-0.3, -0.25) is 4.90 Å². The smallest absolute Gasteiger partial charge is 0.493 e. The van der Waals surface area contributed by atoms with Gasteiger partial charge in [0.2, 0.25) is 0 Å². The molecule has 2 aromatic carbocycles. The molecule has 2 aliphatic rings. The van der Waals surface area contributed by atoms with Crippen molar-refractivity contribution in [3.63, 3.8) is 0 Å². The Morgan fingerprint density at radius 3 is 2.79 bits per heavy atom. The van der Waals surface area contributed by atoms with Crippen LogP contribution in [0.2, 0.25) is 0 Å². The molecule has 1 N–H and O–H groups in total. The monoisotopic (exact) mass is 474 g/mol. The zero-order valence-corrected chi connectivity index (χ0v) is 18.6. The van der Waals surface area contributed by atoms with Gasteiger partial charge in [0.1, 0.15) is 12.1 Å². The Kier molecular flexibility index (Phi) is 6.20. The Bertz CT molecular complexity index is 1170. The first-order valence-corrected chi connectivity index (χ1v) is 10.9. The summed E-state index contributed by atoms with van der Waals surface area (Å²) in [4.78, 5) is 11.0. The van der Waals surface area contributed by atoms with Crippen LogP contribution in [0.15, 0.2) is 36.7 Å². The molecule has 1 aromatic heterocycles. The molecular formula is C23H24F2N4O5. The molecule has 0 aliphatic carbocycles. The lowest BCUT2D eigenvalue weighted by Gasteiger charge is -2.26. The van der Waals surface area contributed by atoms with Gasteiger partial charge in [0.05, 0.1) is 38.1 Å². The number of hydrogen-bond acceptors (Lipinski definition) is 9. The van der Waals surface area contributed by atoms with Crippen molar-refractivity contribution in [2.24, 2.45) is 0 Å². The lowest BCUT2D eigenvalue weighted by atomic mass is 10.2. The third-order valence-electron chi connectivity index (χ3n) is 5.58. The summed E-state index contributed by atoms with van der Waals surface area (Å²) < 4.78 is 53.2. The van der Waals surface area contributed by atoms with Crippen molar-refractivity contribution < 1.29 is 32.5 Å². The first kappa shape index (κ1) is 22.4. The van der Waals surface area contributed by atoms with E-state index in [0.29, 0.717) is 34.8 Å². The van der Waals surface area contributed by atoms with Crippen LogP contribution in [0.25, 0.3) is 10.9 Å². The van der Waals surface area contributed by atoms with E-state index >= 15 is 0 Å². The van der Waals surface area contributed by atoms with Gasteiger partial charge < -0.3 is 29.0 Å². The summed E-state index contributed by atoms with van der Waals surface area (Å²) in [5.41, 5.74) is 0.897. The molecule has 0 amide bonds. The Morgan fingerprint density at radius 2 is 1.97 bits per heavy atom. The number of aromatic nitrogens is 2. The van der Waals surface area contributed by atoms with Crippen LogP contribution < -0.4 is 24.3 Å². The van der Waals surface area contributed by atoms with Crippen molar-refractivity contribution in [3.8, 4) is 23.0 Å². The predicted octanol–water partition coefficient (Wildman–Crippen LogP) is 3.80. The number of halogens is 2. The molecule has 0 bridgehead atoms. The Labute approximate surface area is 194 Å². The normalized spacial score (nSPS) is 17.0. The molecule has 11 heteroatoms. The van der Waals surface area contributed by atoms with Gasteiger partial charge in [0.25, 0.3) is 0 Å². The predicted molar refractivity (Wildman–Crippen MR) is 119 cm³/mol. The summed E-state index contributed by atoms with van der Waals surface area (Å²) in [6.07, 6.45) is -1.47. The van der Waals surface area contributed by atoms with Crippen LogP contribution in [0, 0.1) is 0 Å². The Morgan fingerprint density at radius 1 is 1.12 bits per heavy atom. The van der Waals surface area contributed by atoms with E-state index in [-0.39, 0.29) is 17.2 Å². The second kappa shape index (κ2) is 9.43. The van der Waals surface area contributed by atoms with Gasteiger partial charge in [-0.2, -0.15) is 0 Å². The van der Waals surface area contributed by atoms with Gasteiger partial charge in [-0.05, 0) is 24.6 Å². The van der Waals surface area contributed by atoms with Crippen molar-refractivity contribution >= 4 is 22.4 Å². The highest BCUT2D eigenvalue weighted by molar-refractivity contribution is 5.93. The third-order valence-corrected chi connectivity index (χ3v) is 5.58. The lowest BCUT2D eigenvalue weighted by Crippen LogP contribution is -2.37. The van der Waals surface area contributed by atoms with Gasteiger partial charge in [-0.25, -0.2) is 9.97 Å². The summed E-state index contributed by atoms with van der Waals surface area (Å²) in [6.45, 7) is 4.86. The highest BCUT2D eigenvalue weighted by atomic mass is 19.3. The molecule has 1 saturated heterocycles. The van der Waals surface area contributed by atoms with E-state index in [2.05, 4.69) is 29.7 Å². The van der Waals surface area contributed by atoms with E-state index < -0.39 is 6.29 Å². The quantitative estimate of drug-likeness (QED) is 0.490. The van der Waals surface area contributed by atoms with Crippen LogP contribution in [-0.2, 0) is 4.74 Å². The maximum Gasteiger partial charge on any atom is 0.586 e. The molecule has 0 spiro atoms. The molecule has 180 valence electrons. The van der Waals surface area contributed by atoms with Crippen LogP contribution in [0.1, 0.15) is 6.42 Å². The van der Waals surface area contributed by atoms with Crippen molar-refractivity contribution in [1.82, 2.24) is 14.9 Å². The summed E-state index contributed by atoms with van der Waals surface area (Å²) >= 11 is 0. The number of methoxy groups -OCH3 is 1. The Balaban J connectivity index is 1.34. The number of para-hydroxylation sites is 1. The average Bonchev–Trinajstić information content (AvgIpc) is 3.17. The Hall–Kier alpha value is -3.44. The summed E-state index contributed by atoms with van der Waals surface area (Å²) in [5.74, 6) is 1.33. The van der Waals surface area contributed by atoms with E-state index in [1.54, 1.807) is 31.4 Å². The molecule has 0 saturated carbocycles. The number of nitrogens with zero attached hydrogens (tertiary/aromatic N) is 3. The molecule has 0 atom stereocenters. The fourth-order valence-electron chi connectivity index (χ4n) is 3.93. The number of morpholine rings is 1. The van der Waals surface area contributed by atoms with Gasteiger partial charge in [0, 0.05) is 31.1 Å². The highest BCUT2D eigenvalue weighted by Gasteiger charge is 2.44. The minimum absolute atomic E-state index is 0.0568. The molecule has 9 nitrogen and oxygen atoms in total. The van der Waals surface area contributed by atoms with Gasteiger partial charge in [0.15, 0.2) is 23.0 Å². The second-order valence-corrected chi connectivity index (χ2v) is 7.82. The van der Waals surface area contributed by atoms with E-state index in [0.717, 1.165) is 39.3 Å². The minimum atomic E-state index is -3.72. The molecule has 0 unspecified atom stereocenters. The molecule has 3 aromatic rings. The van der Waals surface area contributed by atoms with Crippen LogP contribution in [-0.4, -0.2) is 67.7 Å². The second-order valence-electron chi connectivity index (χ2n) is 7.82. The molecule has 3 heterocycles. The zero-order chi connectivity index (χ0) is 23.5. The topological polar surface area (TPSA) is 87.2 Å². The third kappa shape index (κ3) is 4.75. The van der Waals surface area contributed by atoms with E-state index in [1.807, 2.05) is 0 Å². The molecule has 34 heavy (non-hydrogen) atoms. The van der Waals surface area contributed by atoms with Gasteiger partial charge in [-0.1, -0.05) is 6.07 Å². The van der Waals surface area contributed by atoms with Crippen LogP contribution in [0.5, 0.6) is 23.0 Å². The largest absolute Gasteiger partial charge is 0.586 e. The average molecular weight is 474 g/mol. The fraction of sp³-hybridized carbons (Fsp3) is 0.391. The number of ether oxygens (including phenoxy) is 5. The number of rotatable bonds is 8. The minimum Gasteiger partial charge on any atom is -0.493 e. The van der Waals surface area contributed by atoms with Gasteiger partial charge in [-0.15, -0.1) is 8.78 Å². The number of alkyl halides is 2.